The Bertz CT molecular complexity index is 861. The normalized spacial score (nSPS) is 16.9. The van der Waals surface area contributed by atoms with Crippen LogP contribution in [-0.4, -0.2) is 49.8 Å². The predicted octanol–water partition coefficient (Wildman–Crippen LogP) is 4.57. The lowest BCUT2D eigenvalue weighted by molar-refractivity contribution is -0.142. The first-order chi connectivity index (χ1) is 14.8. The number of amides is 1. The second kappa shape index (κ2) is 10.8. The Morgan fingerprint density at radius 3 is 2.71 bits per heavy atom. The number of ether oxygens (including phenoxy) is 3. The summed E-state index contributed by atoms with van der Waals surface area (Å²) in [5.74, 6) is 0.584. The Morgan fingerprint density at radius 1 is 1.19 bits per heavy atom. The molecule has 0 bridgehead atoms. The molecule has 5 nitrogen and oxygen atoms in total. The molecule has 9 heteroatoms. The van der Waals surface area contributed by atoms with E-state index in [-0.39, 0.29) is 38.3 Å². The zero-order chi connectivity index (χ0) is 22.3. The molecule has 0 spiro atoms. The number of morpholine rings is 1. The summed E-state index contributed by atoms with van der Waals surface area (Å²) in [4.78, 5) is 14.1. The fourth-order valence-electron chi connectivity index (χ4n) is 3.14. The van der Waals surface area contributed by atoms with Crippen molar-refractivity contribution in [3.8, 4) is 5.75 Å². The highest BCUT2D eigenvalue weighted by molar-refractivity contribution is 6.30. The Hall–Kier alpha value is -2.29. The zero-order valence-corrected chi connectivity index (χ0v) is 17.5. The predicted molar refractivity (Wildman–Crippen MR) is 109 cm³/mol. The summed E-state index contributed by atoms with van der Waals surface area (Å²) >= 11 is 5.82. The fraction of sp³-hybridized carbons (Fsp3) is 0.409. The number of halogens is 4. The van der Waals surface area contributed by atoms with Crippen molar-refractivity contribution in [1.82, 2.24) is 4.90 Å². The lowest BCUT2D eigenvalue weighted by atomic mass is 10.1. The van der Waals surface area contributed by atoms with E-state index in [2.05, 4.69) is 0 Å². The van der Waals surface area contributed by atoms with Crippen LogP contribution in [0.3, 0.4) is 0 Å². The van der Waals surface area contributed by atoms with E-state index >= 15 is 0 Å². The summed E-state index contributed by atoms with van der Waals surface area (Å²) < 4.78 is 55.1. The summed E-state index contributed by atoms with van der Waals surface area (Å²) in [5.41, 5.74) is -0.280. The maximum atomic E-state index is 12.8. The number of hydrogen-bond donors (Lipinski definition) is 0. The van der Waals surface area contributed by atoms with Crippen molar-refractivity contribution < 1.29 is 32.2 Å². The monoisotopic (exact) mass is 457 g/mol. The minimum atomic E-state index is -4.39. The van der Waals surface area contributed by atoms with Crippen LogP contribution < -0.4 is 4.74 Å². The highest BCUT2D eigenvalue weighted by Gasteiger charge is 2.30. The summed E-state index contributed by atoms with van der Waals surface area (Å²) in [6, 6.07) is 11.9. The number of rotatable bonds is 8. The van der Waals surface area contributed by atoms with Crippen LogP contribution >= 0.6 is 11.6 Å². The molecule has 2 aromatic carbocycles. The quantitative estimate of drug-likeness (QED) is 0.582. The molecule has 3 rings (SSSR count). The first-order valence-corrected chi connectivity index (χ1v) is 10.2. The Labute approximate surface area is 183 Å². The van der Waals surface area contributed by atoms with Gasteiger partial charge in [0.1, 0.15) is 5.75 Å². The van der Waals surface area contributed by atoms with Crippen LogP contribution in [0.25, 0.3) is 0 Å². The van der Waals surface area contributed by atoms with Crippen molar-refractivity contribution in [3.05, 3.63) is 64.7 Å². The second-order valence-corrected chi connectivity index (χ2v) is 7.53. The van der Waals surface area contributed by atoms with Gasteiger partial charge < -0.3 is 19.1 Å². The average molecular weight is 458 g/mol. The van der Waals surface area contributed by atoms with Gasteiger partial charge in [-0.05, 0) is 42.0 Å². The molecule has 31 heavy (non-hydrogen) atoms. The zero-order valence-electron chi connectivity index (χ0n) is 16.7. The molecule has 1 fully saturated rings. The van der Waals surface area contributed by atoms with Crippen LogP contribution in [0.5, 0.6) is 5.75 Å². The van der Waals surface area contributed by atoms with Crippen LogP contribution in [0.2, 0.25) is 5.02 Å². The standard InChI is InChI=1S/C22H23ClF3NO4/c23-18-4-6-19(7-5-18)30-10-8-21(28)27-9-11-31-20(13-27)15-29-14-16-2-1-3-17(12-16)22(24,25)26/h1-7,12,20H,8-11,13-15H2/t20-/m0/s1. The molecule has 1 heterocycles. The van der Waals surface area contributed by atoms with Crippen LogP contribution in [0.1, 0.15) is 17.5 Å². The van der Waals surface area contributed by atoms with E-state index in [0.717, 1.165) is 12.1 Å². The van der Waals surface area contributed by atoms with Crippen molar-refractivity contribution in [3.63, 3.8) is 0 Å². The van der Waals surface area contributed by atoms with Gasteiger partial charge in [-0.25, -0.2) is 0 Å². The van der Waals surface area contributed by atoms with Crippen LogP contribution in [0.4, 0.5) is 13.2 Å². The van der Waals surface area contributed by atoms with Gasteiger partial charge in [-0.3, -0.25) is 4.79 Å². The van der Waals surface area contributed by atoms with E-state index in [4.69, 9.17) is 25.8 Å². The molecule has 0 radical (unpaired) electrons. The first-order valence-electron chi connectivity index (χ1n) is 9.83. The average Bonchev–Trinajstić information content (AvgIpc) is 2.75. The molecule has 2 aromatic rings. The van der Waals surface area contributed by atoms with E-state index in [9.17, 15) is 18.0 Å². The lowest BCUT2D eigenvalue weighted by Gasteiger charge is -2.33. The first kappa shape index (κ1) is 23.4. The van der Waals surface area contributed by atoms with E-state index in [1.807, 2.05) is 0 Å². The molecule has 1 aliphatic heterocycles. The van der Waals surface area contributed by atoms with Gasteiger partial charge in [-0.1, -0.05) is 23.7 Å². The molecule has 0 aliphatic carbocycles. The maximum Gasteiger partial charge on any atom is 0.416 e. The third kappa shape index (κ3) is 7.41. The smallest absolute Gasteiger partial charge is 0.416 e. The van der Waals surface area contributed by atoms with Gasteiger partial charge in [-0.15, -0.1) is 0 Å². The molecule has 0 saturated carbocycles. The molecular weight excluding hydrogens is 435 g/mol. The van der Waals surface area contributed by atoms with Crippen LogP contribution in [0.15, 0.2) is 48.5 Å². The molecule has 1 saturated heterocycles. The Balaban J connectivity index is 1.39. The molecule has 0 aromatic heterocycles. The lowest BCUT2D eigenvalue weighted by Crippen LogP contribution is -2.47. The van der Waals surface area contributed by atoms with Crippen molar-refractivity contribution in [2.75, 3.05) is 32.9 Å². The summed E-state index contributed by atoms with van der Waals surface area (Å²) in [7, 11) is 0. The number of nitrogens with zero attached hydrogens (tertiary/aromatic N) is 1. The molecular formula is C22H23ClF3NO4. The minimum Gasteiger partial charge on any atom is -0.493 e. The van der Waals surface area contributed by atoms with Crippen molar-refractivity contribution >= 4 is 17.5 Å². The van der Waals surface area contributed by atoms with Gasteiger partial charge in [0.25, 0.3) is 0 Å². The number of alkyl halides is 3. The molecule has 0 unspecified atom stereocenters. The molecule has 168 valence electrons. The summed E-state index contributed by atoms with van der Waals surface area (Å²) in [5, 5.41) is 0.609. The van der Waals surface area contributed by atoms with Crippen molar-refractivity contribution in [2.24, 2.45) is 0 Å². The molecule has 1 atom stereocenters. The summed E-state index contributed by atoms with van der Waals surface area (Å²) in [6.07, 6.45) is -4.50. The topological polar surface area (TPSA) is 48.0 Å². The Morgan fingerprint density at radius 2 is 1.97 bits per heavy atom. The van der Waals surface area contributed by atoms with Crippen molar-refractivity contribution in [1.29, 1.82) is 0 Å². The number of benzene rings is 2. The van der Waals surface area contributed by atoms with Gasteiger partial charge >= 0.3 is 6.18 Å². The van der Waals surface area contributed by atoms with Gasteiger partial charge in [-0.2, -0.15) is 13.2 Å². The SMILES string of the molecule is O=C(CCOc1ccc(Cl)cc1)N1CCO[C@H](COCc2cccc(C(F)(F)F)c2)C1. The van der Waals surface area contributed by atoms with Crippen LogP contribution in [-0.2, 0) is 27.1 Å². The van der Waals surface area contributed by atoms with Crippen molar-refractivity contribution in [2.45, 2.75) is 25.3 Å². The third-order valence-electron chi connectivity index (χ3n) is 4.72. The number of hydrogen-bond acceptors (Lipinski definition) is 4. The van der Waals surface area contributed by atoms with Gasteiger partial charge in [0, 0.05) is 18.1 Å². The van der Waals surface area contributed by atoms with E-state index in [1.165, 1.54) is 6.07 Å². The van der Waals surface area contributed by atoms with Gasteiger partial charge in [0.05, 0.1) is 44.5 Å². The second-order valence-electron chi connectivity index (χ2n) is 7.10. The van der Waals surface area contributed by atoms with Gasteiger partial charge in [0.15, 0.2) is 0 Å². The fourth-order valence-corrected chi connectivity index (χ4v) is 3.26. The number of carbonyl (C=O) groups is 1. The Kier molecular flexibility index (Phi) is 8.17. The maximum absolute atomic E-state index is 12.8. The minimum absolute atomic E-state index is 0.0344. The molecule has 0 N–H and O–H groups in total. The van der Waals surface area contributed by atoms with E-state index in [1.54, 1.807) is 35.2 Å². The third-order valence-corrected chi connectivity index (χ3v) is 4.97. The summed E-state index contributed by atoms with van der Waals surface area (Å²) in [6.45, 7) is 1.68. The molecule has 1 amide bonds. The largest absolute Gasteiger partial charge is 0.493 e. The highest BCUT2D eigenvalue weighted by atomic mass is 35.5. The number of carbonyl (C=O) groups excluding carboxylic acids is 1. The van der Waals surface area contributed by atoms with E-state index in [0.29, 0.717) is 36.0 Å². The van der Waals surface area contributed by atoms with Crippen LogP contribution in [0, 0.1) is 0 Å². The molecule has 1 aliphatic rings. The van der Waals surface area contributed by atoms with Gasteiger partial charge in [0.2, 0.25) is 5.91 Å². The highest BCUT2D eigenvalue weighted by Crippen LogP contribution is 2.29. The van der Waals surface area contributed by atoms with E-state index < -0.39 is 11.7 Å².